The molecule has 0 amide bonds. The van der Waals surface area contributed by atoms with Crippen LogP contribution in [-0.4, -0.2) is 37.5 Å². The molecule has 3 aliphatic heterocycles. The standard InChI is InChI=1S/C12H21NO2/c1-8-11(4-5-14-8)13-7-9-6-10-2-3-12(9)15-10/h8-13H,2-7H2,1H3. The molecule has 3 fully saturated rings. The molecule has 5 atom stereocenters. The van der Waals surface area contributed by atoms with Crippen LogP contribution < -0.4 is 5.32 Å². The lowest BCUT2D eigenvalue weighted by atomic mass is 9.89. The molecule has 1 N–H and O–H groups in total. The van der Waals surface area contributed by atoms with Gasteiger partial charge < -0.3 is 14.8 Å². The van der Waals surface area contributed by atoms with E-state index < -0.39 is 0 Å². The number of hydrogen-bond acceptors (Lipinski definition) is 3. The minimum absolute atomic E-state index is 0.393. The van der Waals surface area contributed by atoms with E-state index in [1.54, 1.807) is 0 Å². The largest absolute Gasteiger partial charge is 0.377 e. The minimum Gasteiger partial charge on any atom is -0.377 e. The van der Waals surface area contributed by atoms with Crippen molar-refractivity contribution in [3.8, 4) is 0 Å². The second-order valence-electron chi connectivity index (χ2n) is 5.25. The third-order valence-electron chi connectivity index (χ3n) is 4.25. The normalized spacial score (nSPS) is 49.0. The van der Waals surface area contributed by atoms with E-state index in [0.29, 0.717) is 24.4 Å². The highest BCUT2D eigenvalue weighted by molar-refractivity contribution is 4.91. The van der Waals surface area contributed by atoms with E-state index in [1.807, 2.05) is 0 Å². The summed E-state index contributed by atoms with van der Waals surface area (Å²) in [5.41, 5.74) is 0. The van der Waals surface area contributed by atoms with Crippen molar-refractivity contribution in [2.45, 2.75) is 57.0 Å². The van der Waals surface area contributed by atoms with Crippen molar-refractivity contribution in [2.75, 3.05) is 13.2 Å². The van der Waals surface area contributed by atoms with Gasteiger partial charge in [-0.1, -0.05) is 0 Å². The maximum atomic E-state index is 5.86. The van der Waals surface area contributed by atoms with Gasteiger partial charge in [-0.2, -0.15) is 0 Å². The third-order valence-corrected chi connectivity index (χ3v) is 4.25. The van der Waals surface area contributed by atoms with Crippen molar-refractivity contribution in [1.29, 1.82) is 0 Å². The van der Waals surface area contributed by atoms with E-state index in [9.17, 15) is 0 Å². The molecular formula is C12H21NO2. The molecule has 3 saturated heterocycles. The summed E-state index contributed by atoms with van der Waals surface area (Å²) in [7, 11) is 0. The molecule has 3 heterocycles. The molecule has 2 bridgehead atoms. The maximum absolute atomic E-state index is 5.86. The summed E-state index contributed by atoms with van der Waals surface area (Å²) < 4.78 is 11.4. The summed E-state index contributed by atoms with van der Waals surface area (Å²) in [6.45, 7) is 4.22. The van der Waals surface area contributed by atoms with Crippen LogP contribution in [0.15, 0.2) is 0 Å². The highest BCUT2D eigenvalue weighted by Crippen LogP contribution is 2.38. The zero-order valence-corrected chi connectivity index (χ0v) is 9.45. The Bertz CT molecular complexity index is 234. The van der Waals surface area contributed by atoms with Crippen LogP contribution in [0.4, 0.5) is 0 Å². The van der Waals surface area contributed by atoms with Crippen molar-refractivity contribution in [2.24, 2.45) is 5.92 Å². The van der Waals surface area contributed by atoms with Gasteiger partial charge in [0.1, 0.15) is 0 Å². The molecule has 0 aromatic heterocycles. The van der Waals surface area contributed by atoms with Crippen molar-refractivity contribution in [3.05, 3.63) is 0 Å². The molecule has 0 aliphatic carbocycles. The number of ether oxygens (including phenoxy) is 2. The van der Waals surface area contributed by atoms with Gasteiger partial charge in [0, 0.05) is 25.1 Å². The fourth-order valence-electron chi connectivity index (χ4n) is 3.26. The molecule has 3 aliphatic rings. The number of nitrogens with one attached hydrogen (secondary N) is 1. The van der Waals surface area contributed by atoms with Crippen molar-refractivity contribution in [1.82, 2.24) is 5.32 Å². The van der Waals surface area contributed by atoms with Gasteiger partial charge in [-0.15, -0.1) is 0 Å². The minimum atomic E-state index is 0.393. The molecular weight excluding hydrogens is 190 g/mol. The van der Waals surface area contributed by atoms with Crippen LogP contribution in [-0.2, 0) is 9.47 Å². The lowest BCUT2D eigenvalue weighted by Gasteiger charge is -2.22. The van der Waals surface area contributed by atoms with E-state index in [-0.39, 0.29) is 0 Å². The number of hydrogen-bond donors (Lipinski definition) is 1. The van der Waals surface area contributed by atoms with E-state index in [2.05, 4.69) is 12.2 Å². The Morgan fingerprint density at radius 3 is 2.80 bits per heavy atom. The Morgan fingerprint density at radius 1 is 1.27 bits per heavy atom. The lowest BCUT2D eigenvalue weighted by Crippen LogP contribution is -2.39. The molecule has 3 heteroatoms. The van der Waals surface area contributed by atoms with Crippen LogP contribution in [0.25, 0.3) is 0 Å². The quantitative estimate of drug-likeness (QED) is 0.763. The first-order chi connectivity index (χ1) is 7.33. The van der Waals surface area contributed by atoms with E-state index in [0.717, 1.165) is 19.1 Å². The van der Waals surface area contributed by atoms with Gasteiger partial charge in [0.15, 0.2) is 0 Å². The predicted octanol–water partition coefficient (Wildman–Crippen LogP) is 1.32. The third kappa shape index (κ3) is 1.93. The molecule has 0 saturated carbocycles. The van der Waals surface area contributed by atoms with Gasteiger partial charge in [-0.05, 0) is 32.6 Å². The Kier molecular flexibility index (Phi) is 2.71. The first kappa shape index (κ1) is 10.1. The SMILES string of the molecule is CC1OCCC1NCC1CC2CCC1O2. The zero-order chi connectivity index (χ0) is 10.3. The van der Waals surface area contributed by atoms with Crippen molar-refractivity contribution < 1.29 is 9.47 Å². The van der Waals surface area contributed by atoms with Crippen LogP contribution >= 0.6 is 0 Å². The first-order valence-electron chi connectivity index (χ1n) is 6.33. The number of fused-ring (bicyclic) bond motifs is 2. The van der Waals surface area contributed by atoms with Crippen LogP contribution in [0.2, 0.25) is 0 Å². The summed E-state index contributed by atoms with van der Waals surface area (Å²) in [6, 6.07) is 0.573. The first-order valence-corrected chi connectivity index (χ1v) is 6.33. The van der Waals surface area contributed by atoms with Crippen molar-refractivity contribution in [3.63, 3.8) is 0 Å². The molecule has 86 valence electrons. The van der Waals surface area contributed by atoms with E-state index >= 15 is 0 Å². The Labute approximate surface area is 91.5 Å². The highest BCUT2D eigenvalue weighted by atomic mass is 16.5. The molecule has 0 aromatic carbocycles. The highest BCUT2D eigenvalue weighted by Gasteiger charge is 2.40. The average Bonchev–Trinajstić information content (AvgIpc) is 2.90. The van der Waals surface area contributed by atoms with Crippen LogP contribution in [0, 0.1) is 5.92 Å². The van der Waals surface area contributed by atoms with Gasteiger partial charge in [0.05, 0.1) is 18.3 Å². The molecule has 0 radical (unpaired) electrons. The number of rotatable bonds is 3. The van der Waals surface area contributed by atoms with Crippen molar-refractivity contribution >= 4 is 0 Å². The second kappa shape index (κ2) is 4.04. The average molecular weight is 211 g/mol. The van der Waals surface area contributed by atoms with E-state index in [1.165, 1.54) is 25.7 Å². The molecule has 15 heavy (non-hydrogen) atoms. The van der Waals surface area contributed by atoms with Gasteiger partial charge >= 0.3 is 0 Å². The molecule has 5 unspecified atom stereocenters. The summed E-state index contributed by atoms with van der Waals surface area (Å²) in [5.74, 6) is 0.761. The van der Waals surface area contributed by atoms with E-state index in [4.69, 9.17) is 9.47 Å². The second-order valence-corrected chi connectivity index (χ2v) is 5.25. The summed E-state index contributed by atoms with van der Waals surface area (Å²) in [6.07, 6.45) is 6.56. The topological polar surface area (TPSA) is 30.5 Å². The van der Waals surface area contributed by atoms with Gasteiger partial charge in [-0.25, -0.2) is 0 Å². The fourth-order valence-corrected chi connectivity index (χ4v) is 3.26. The Morgan fingerprint density at radius 2 is 2.20 bits per heavy atom. The van der Waals surface area contributed by atoms with Crippen LogP contribution in [0.5, 0.6) is 0 Å². The molecule has 3 rings (SSSR count). The lowest BCUT2D eigenvalue weighted by molar-refractivity contribution is 0.0893. The summed E-state index contributed by atoms with van der Waals surface area (Å²) in [5, 5.41) is 3.65. The van der Waals surface area contributed by atoms with Crippen LogP contribution in [0.3, 0.4) is 0 Å². The Balaban J connectivity index is 1.46. The van der Waals surface area contributed by atoms with Gasteiger partial charge in [0.25, 0.3) is 0 Å². The zero-order valence-electron chi connectivity index (χ0n) is 9.45. The summed E-state index contributed by atoms with van der Waals surface area (Å²) >= 11 is 0. The fraction of sp³-hybridized carbons (Fsp3) is 1.00. The molecule has 0 aromatic rings. The smallest absolute Gasteiger partial charge is 0.0700 e. The summed E-state index contributed by atoms with van der Waals surface area (Å²) in [4.78, 5) is 0. The van der Waals surface area contributed by atoms with Crippen LogP contribution in [0.1, 0.15) is 32.6 Å². The maximum Gasteiger partial charge on any atom is 0.0700 e. The van der Waals surface area contributed by atoms with Gasteiger partial charge in [0.2, 0.25) is 0 Å². The predicted molar refractivity (Wildman–Crippen MR) is 57.8 cm³/mol. The molecule has 0 spiro atoms. The van der Waals surface area contributed by atoms with Gasteiger partial charge in [-0.3, -0.25) is 0 Å². The Hall–Kier alpha value is -0.120. The molecule has 3 nitrogen and oxygen atoms in total. The monoisotopic (exact) mass is 211 g/mol.